The van der Waals surface area contributed by atoms with Gasteiger partial charge in [-0.2, -0.15) is 4.31 Å². The van der Waals surface area contributed by atoms with Crippen LogP contribution in [0, 0.1) is 0 Å². The van der Waals surface area contributed by atoms with Crippen molar-refractivity contribution >= 4 is 50.8 Å². The van der Waals surface area contributed by atoms with Crippen LogP contribution in [0.5, 0.6) is 0 Å². The van der Waals surface area contributed by atoms with Crippen LogP contribution in [0.2, 0.25) is 10.0 Å². The summed E-state index contributed by atoms with van der Waals surface area (Å²) in [7, 11) is -3.96. The lowest BCUT2D eigenvalue weighted by molar-refractivity contribution is -0.116. The minimum Gasteiger partial charge on any atom is -0.462 e. The van der Waals surface area contributed by atoms with E-state index in [1.54, 1.807) is 19.9 Å². The summed E-state index contributed by atoms with van der Waals surface area (Å²) in [6, 6.07) is 9.97. The molecule has 162 valence electrons. The molecule has 0 radical (unpaired) electrons. The highest BCUT2D eigenvalue weighted by atomic mass is 35.5. The summed E-state index contributed by atoms with van der Waals surface area (Å²) >= 11 is 12.0. The summed E-state index contributed by atoms with van der Waals surface area (Å²) in [5.74, 6) is -1.09. The number of esters is 1. The Bertz CT molecular complexity index is 1010. The number of nitrogens with one attached hydrogen (secondary N) is 1. The molecule has 0 aliphatic heterocycles. The van der Waals surface area contributed by atoms with Gasteiger partial charge in [0.05, 0.1) is 34.3 Å². The number of hydrogen-bond donors (Lipinski definition) is 1. The third kappa shape index (κ3) is 6.18. The topological polar surface area (TPSA) is 92.8 Å². The third-order valence-electron chi connectivity index (χ3n) is 4.00. The molecule has 0 heterocycles. The van der Waals surface area contributed by atoms with E-state index >= 15 is 0 Å². The van der Waals surface area contributed by atoms with Gasteiger partial charge in [-0.05, 0) is 55.8 Å². The Labute approximate surface area is 186 Å². The predicted molar refractivity (Wildman–Crippen MR) is 117 cm³/mol. The summed E-state index contributed by atoms with van der Waals surface area (Å²) in [5.41, 5.74) is 0.535. The van der Waals surface area contributed by atoms with E-state index in [9.17, 15) is 18.0 Å². The van der Waals surface area contributed by atoms with Crippen LogP contribution in [0.1, 0.15) is 30.6 Å². The van der Waals surface area contributed by atoms with Gasteiger partial charge in [0.1, 0.15) is 0 Å². The number of sulfonamides is 1. The fourth-order valence-electron chi connectivity index (χ4n) is 2.60. The summed E-state index contributed by atoms with van der Waals surface area (Å²) < 4.78 is 32.0. The standard InChI is InChI=1S/C20H22Cl2N2O5S/c1-3-11-24(13-19(25)23-18-12-15(21)7-10-17(18)22)30(27,28)16-8-5-14(6-9-16)20(26)29-4-2/h5-10,12H,3-4,11,13H2,1-2H3,(H,23,25). The number of ether oxygens (including phenoxy) is 1. The van der Waals surface area contributed by atoms with Gasteiger partial charge in [0.25, 0.3) is 0 Å². The van der Waals surface area contributed by atoms with Gasteiger partial charge < -0.3 is 10.1 Å². The highest BCUT2D eigenvalue weighted by molar-refractivity contribution is 7.89. The first-order valence-electron chi connectivity index (χ1n) is 9.21. The van der Waals surface area contributed by atoms with Crippen LogP contribution in [0.15, 0.2) is 47.4 Å². The average Bonchev–Trinajstić information content (AvgIpc) is 2.70. The van der Waals surface area contributed by atoms with E-state index < -0.39 is 28.4 Å². The second kappa shape index (κ2) is 10.8. The molecule has 2 rings (SSSR count). The number of hydrogen-bond acceptors (Lipinski definition) is 5. The van der Waals surface area contributed by atoms with Crippen LogP contribution in [-0.2, 0) is 19.6 Å². The number of anilines is 1. The maximum atomic E-state index is 13.0. The fourth-order valence-corrected chi connectivity index (χ4v) is 4.43. The molecular formula is C20H22Cl2N2O5S. The van der Waals surface area contributed by atoms with Crippen LogP contribution < -0.4 is 5.32 Å². The monoisotopic (exact) mass is 472 g/mol. The second-order valence-electron chi connectivity index (χ2n) is 6.26. The summed E-state index contributed by atoms with van der Waals surface area (Å²) in [5, 5.41) is 3.25. The van der Waals surface area contributed by atoms with Gasteiger partial charge in [-0.25, -0.2) is 13.2 Å². The van der Waals surface area contributed by atoms with Crippen molar-refractivity contribution in [3.8, 4) is 0 Å². The Hall–Kier alpha value is -2.13. The van der Waals surface area contributed by atoms with Crippen molar-refractivity contribution in [1.82, 2.24) is 4.31 Å². The molecule has 0 spiro atoms. The first-order chi connectivity index (χ1) is 14.2. The van der Waals surface area contributed by atoms with Crippen LogP contribution in [-0.4, -0.2) is 44.3 Å². The van der Waals surface area contributed by atoms with Crippen molar-refractivity contribution in [3.05, 3.63) is 58.1 Å². The molecule has 30 heavy (non-hydrogen) atoms. The molecule has 0 bridgehead atoms. The number of halogens is 2. The van der Waals surface area contributed by atoms with E-state index in [4.69, 9.17) is 27.9 Å². The zero-order valence-electron chi connectivity index (χ0n) is 16.5. The Morgan fingerprint density at radius 1 is 1.07 bits per heavy atom. The largest absolute Gasteiger partial charge is 0.462 e. The summed E-state index contributed by atoms with van der Waals surface area (Å²) in [4.78, 5) is 24.2. The lowest BCUT2D eigenvalue weighted by Gasteiger charge is -2.21. The molecule has 0 aliphatic carbocycles. The molecule has 0 aliphatic rings. The molecule has 0 aromatic heterocycles. The fraction of sp³-hybridized carbons (Fsp3) is 0.300. The van der Waals surface area contributed by atoms with Gasteiger partial charge in [0.2, 0.25) is 15.9 Å². The summed E-state index contributed by atoms with van der Waals surface area (Å²) in [6.45, 7) is 3.44. The highest BCUT2D eigenvalue weighted by Crippen LogP contribution is 2.25. The minimum absolute atomic E-state index is 0.0300. The third-order valence-corrected chi connectivity index (χ3v) is 6.42. The number of amides is 1. The van der Waals surface area contributed by atoms with Gasteiger partial charge in [-0.1, -0.05) is 30.1 Å². The number of nitrogens with zero attached hydrogens (tertiary/aromatic N) is 1. The summed E-state index contributed by atoms with van der Waals surface area (Å²) in [6.07, 6.45) is 0.505. The lowest BCUT2D eigenvalue weighted by atomic mass is 10.2. The van der Waals surface area contributed by atoms with E-state index in [1.165, 1.54) is 36.4 Å². The second-order valence-corrected chi connectivity index (χ2v) is 9.04. The molecule has 0 atom stereocenters. The molecular weight excluding hydrogens is 451 g/mol. The molecule has 0 saturated carbocycles. The Morgan fingerprint density at radius 3 is 2.33 bits per heavy atom. The maximum absolute atomic E-state index is 13.0. The predicted octanol–water partition coefficient (Wildman–Crippen LogP) is 4.21. The van der Waals surface area contributed by atoms with Crippen molar-refractivity contribution in [1.29, 1.82) is 0 Å². The van der Waals surface area contributed by atoms with E-state index in [0.29, 0.717) is 17.1 Å². The van der Waals surface area contributed by atoms with E-state index in [0.717, 1.165) is 4.31 Å². The molecule has 0 unspecified atom stereocenters. The van der Waals surface area contributed by atoms with Gasteiger partial charge in [-0.15, -0.1) is 0 Å². The van der Waals surface area contributed by atoms with Crippen molar-refractivity contribution in [3.63, 3.8) is 0 Å². The number of carbonyl (C=O) groups excluding carboxylic acids is 2. The Kier molecular flexibility index (Phi) is 8.66. The normalized spacial score (nSPS) is 11.4. The Balaban J connectivity index is 2.20. The molecule has 1 N–H and O–H groups in total. The SMILES string of the molecule is CCCN(CC(=O)Nc1cc(Cl)ccc1Cl)S(=O)(=O)c1ccc(C(=O)OCC)cc1. The van der Waals surface area contributed by atoms with Crippen molar-refractivity contribution < 1.29 is 22.7 Å². The van der Waals surface area contributed by atoms with E-state index in [-0.39, 0.29) is 28.6 Å². The van der Waals surface area contributed by atoms with Gasteiger partial charge in [0.15, 0.2) is 0 Å². The van der Waals surface area contributed by atoms with Crippen LogP contribution >= 0.6 is 23.2 Å². The van der Waals surface area contributed by atoms with E-state index in [1.807, 2.05) is 0 Å². The van der Waals surface area contributed by atoms with Gasteiger partial charge in [0, 0.05) is 11.6 Å². The highest BCUT2D eigenvalue weighted by Gasteiger charge is 2.26. The minimum atomic E-state index is -3.96. The van der Waals surface area contributed by atoms with Crippen molar-refractivity contribution in [2.45, 2.75) is 25.2 Å². The number of carbonyl (C=O) groups is 2. The van der Waals surface area contributed by atoms with E-state index in [2.05, 4.69) is 5.32 Å². The molecule has 2 aromatic rings. The molecule has 2 aromatic carbocycles. The average molecular weight is 473 g/mol. The molecule has 0 saturated heterocycles. The first kappa shape index (κ1) is 24.1. The van der Waals surface area contributed by atoms with Crippen LogP contribution in [0.25, 0.3) is 0 Å². The maximum Gasteiger partial charge on any atom is 0.338 e. The van der Waals surface area contributed by atoms with Crippen molar-refractivity contribution in [2.75, 3.05) is 25.0 Å². The molecule has 7 nitrogen and oxygen atoms in total. The van der Waals surface area contributed by atoms with Gasteiger partial charge >= 0.3 is 5.97 Å². The molecule has 10 heteroatoms. The zero-order chi connectivity index (χ0) is 22.3. The van der Waals surface area contributed by atoms with Gasteiger partial charge in [-0.3, -0.25) is 4.79 Å². The molecule has 0 fully saturated rings. The van der Waals surface area contributed by atoms with Crippen molar-refractivity contribution in [2.24, 2.45) is 0 Å². The molecule has 1 amide bonds. The number of benzene rings is 2. The Morgan fingerprint density at radius 2 is 1.73 bits per heavy atom. The smallest absolute Gasteiger partial charge is 0.338 e. The van der Waals surface area contributed by atoms with Crippen LogP contribution in [0.3, 0.4) is 0 Å². The van der Waals surface area contributed by atoms with Crippen LogP contribution in [0.4, 0.5) is 5.69 Å². The lowest BCUT2D eigenvalue weighted by Crippen LogP contribution is -2.38. The first-order valence-corrected chi connectivity index (χ1v) is 11.4. The number of rotatable bonds is 9. The quantitative estimate of drug-likeness (QED) is 0.551. The zero-order valence-corrected chi connectivity index (χ0v) is 18.9.